The number of anilines is 1. The van der Waals surface area contributed by atoms with Crippen molar-refractivity contribution in [2.45, 2.75) is 31.8 Å². The molecule has 3 rings (SSSR count). The average Bonchev–Trinajstić information content (AvgIpc) is 3.02. The third-order valence-corrected chi connectivity index (χ3v) is 4.94. The molecule has 2 aliphatic rings. The lowest BCUT2D eigenvalue weighted by Crippen LogP contribution is -2.53. The topological polar surface area (TPSA) is 60.3 Å². The molecule has 122 valence electrons. The first-order valence-corrected chi connectivity index (χ1v) is 8.02. The van der Waals surface area contributed by atoms with Crippen molar-refractivity contribution in [3.63, 3.8) is 0 Å². The minimum absolute atomic E-state index is 0.0116. The predicted molar refractivity (Wildman–Crippen MR) is 93.0 cm³/mol. The van der Waals surface area contributed by atoms with E-state index in [1.54, 1.807) is 0 Å². The Hall–Kier alpha value is -2.21. The van der Waals surface area contributed by atoms with Crippen molar-refractivity contribution < 1.29 is 4.79 Å². The minimum atomic E-state index is 0.0116. The SMILES string of the molecule is C=NN(N=C)c1ccccc1C(=O)N1CC2NCCC2C[C@H]1C. The number of carbonyl (C=O) groups excluding carboxylic acids is 1. The fourth-order valence-electron chi connectivity index (χ4n) is 3.74. The maximum atomic E-state index is 13.1. The Bertz CT molecular complexity index is 609. The molecule has 0 saturated carbocycles. The van der Waals surface area contributed by atoms with Gasteiger partial charge < -0.3 is 10.2 Å². The van der Waals surface area contributed by atoms with Crippen LogP contribution in [0.1, 0.15) is 30.1 Å². The first kappa shape index (κ1) is 15.7. The Morgan fingerprint density at radius 3 is 2.83 bits per heavy atom. The van der Waals surface area contributed by atoms with Gasteiger partial charge in [0, 0.05) is 32.1 Å². The standard InChI is InChI=1S/C17H23N5O/c1-12-10-13-8-9-20-15(13)11-21(12)17(23)14-6-4-5-7-16(14)22(18-2)19-3/h4-7,12-13,15,20H,2-3,8-11H2,1H3/t12-,13?,15?/m1/s1. The second-order valence-corrected chi connectivity index (χ2v) is 6.24. The highest BCUT2D eigenvalue weighted by Crippen LogP contribution is 2.31. The molecular formula is C17H23N5O. The van der Waals surface area contributed by atoms with Gasteiger partial charge >= 0.3 is 0 Å². The molecule has 6 heteroatoms. The molecule has 2 fully saturated rings. The molecule has 0 bridgehead atoms. The molecule has 0 spiro atoms. The van der Waals surface area contributed by atoms with Crippen molar-refractivity contribution in [2.24, 2.45) is 16.1 Å². The number of para-hydroxylation sites is 1. The Kier molecular flexibility index (Phi) is 4.43. The number of carbonyl (C=O) groups is 1. The first-order chi connectivity index (χ1) is 11.2. The number of hydrogen-bond donors (Lipinski definition) is 1. The summed E-state index contributed by atoms with van der Waals surface area (Å²) in [6, 6.07) is 7.96. The van der Waals surface area contributed by atoms with E-state index in [2.05, 4.69) is 35.9 Å². The summed E-state index contributed by atoms with van der Waals surface area (Å²) >= 11 is 0. The summed E-state index contributed by atoms with van der Waals surface area (Å²) in [5, 5.41) is 12.4. The quantitative estimate of drug-likeness (QED) is 0.682. The Morgan fingerprint density at radius 1 is 1.35 bits per heavy atom. The van der Waals surface area contributed by atoms with Crippen LogP contribution in [0.3, 0.4) is 0 Å². The van der Waals surface area contributed by atoms with E-state index in [0.717, 1.165) is 19.5 Å². The van der Waals surface area contributed by atoms with Crippen LogP contribution in [0.4, 0.5) is 5.69 Å². The summed E-state index contributed by atoms with van der Waals surface area (Å²) in [5.74, 6) is 0.697. The fourth-order valence-corrected chi connectivity index (χ4v) is 3.74. The van der Waals surface area contributed by atoms with Crippen molar-refractivity contribution in [1.82, 2.24) is 10.2 Å². The van der Waals surface area contributed by atoms with E-state index in [-0.39, 0.29) is 11.9 Å². The van der Waals surface area contributed by atoms with Crippen molar-refractivity contribution in [3.05, 3.63) is 29.8 Å². The second kappa shape index (κ2) is 6.50. The van der Waals surface area contributed by atoms with E-state index < -0.39 is 0 Å². The number of fused-ring (bicyclic) bond motifs is 1. The van der Waals surface area contributed by atoms with E-state index in [4.69, 9.17) is 0 Å². The van der Waals surface area contributed by atoms with Crippen LogP contribution < -0.4 is 10.4 Å². The van der Waals surface area contributed by atoms with Gasteiger partial charge in [0.2, 0.25) is 0 Å². The number of piperidine rings is 1. The van der Waals surface area contributed by atoms with Gasteiger partial charge in [0.25, 0.3) is 5.91 Å². The van der Waals surface area contributed by atoms with Gasteiger partial charge in [-0.3, -0.25) is 4.79 Å². The summed E-state index contributed by atoms with van der Waals surface area (Å²) in [6.45, 7) is 10.9. The Morgan fingerprint density at radius 2 is 2.09 bits per heavy atom. The first-order valence-electron chi connectivity index (χ1n) is 8.02. The number of hydrogen-bond acceptors (Lipinski definition) is 5. The maximum Gasteiger partial charge on any atom is 0.256 e. The zero-order valence-electron chi connectivity index (χ0n) is 13.5. The molecule has 3 atom stereocenters. The zero-order valence-corrected chi connectivity index (χ0v) is 13.5. The van der Waals surface area contributed by atoms with Gasteiger partial charge in [0.1, 0.15) is 0 Å². The number of nitrogens with zero attached hydrogens (tertiary/aromatic N) is 4. The molecule has 2 heterocycles. The predicted octanol–water partition coefficient (Wildman–Crippen LogP) is 1.94. The zero-order chi connectivity index (χ0) is 16.4. The average molecular weight is 313 g/mol. The molecule has 0 radical (unpaired) electrons. The summed E-state index contributed by atoms with van der Waals surface area (Å²) in [7, 11) is 0. The van der Waals surface area contributed by atoms with Gasteiger partial charge in [-0.1, -0.05) is 12.1 Å². The molecule has 23 heavy (non-hydrogen) atoms. The molecule has 1 N–H and O–H groups in total. The normalized spacial score (nSPS) is 26.5. The van der Waals surface area contributed by atoms with Gasteiger partial charge in [-0.15, -0.1) is 0 Å². The lowest BCUT2D eigenvalue weighted by Gasteiger charge is -2.40. The number of rotatable bonds is 4. The number of nitrogens with one attached hydrogen (secondary N) is 1. The van der Waals surface area contributed by atoms with Gasteiger partial charge in [0.05, 0.1) is 11.3 Å². The third kappa shape index (κ3) is 2.86. The highest BCUT2D eigenvalue weighted by atomic mass is 16.2. The summed E-state index contributed by atoms with van der Waals surface area (Å²) in [5.41, 5.74) is 1.19. The number of hydrazone groups is 2. The summed E-state index contributed by atoms with van der Waals surface area (Å²) in [4.78, 5) is 15.1. The molecule has 2 saturated heterocycles. The van der Waals surface area contributed by atoms with Gasteiger partial charge in [-0.05, 0) is 44.4 Å². The molecule has 2 aliphatic heterocycles. The molecule has 0 aromatic heterocycles. The van der Waals surface area contributed by atoms with Crippen LogP contribution in [0.25, 0.3) is 0 Å². The molecular weight excluding hydrogens is 290 g/mol. The molecule has 6 nitrogen and oxygen atoms in total. The second-order valence-electron chi connectivity index (χ2n) is 6.24. The summed E-state index contributed by atoms with van der Waals surface area (Å²) < 4.78 is 0. The van der Waals surface area contributed by atoms with Crippen molar-refractivity contribution >= 4 is 25.0 Å². The van der Waals surface area contributed by atoms with Crippen LogP contribution in [0, 0.1) is 5.92 Å². The third-order valence-electron chi connectivity index (χ3n) is 4.94. The molecule has 1 amide bonds. The molecule has 1 aromatic rings. The largest absolute Gasteiger partial charge is 0.334 e. The van der Waals surface area contributed by atoms with Gasteiger partial charge in [-0.25, -0.2) is 0 Å². The van der Waals surface area contributed by atoms with E-state index in [0.29, 0.717) is 23.2 Å². The molecule has 1 aromatic carbocycles. The lowest BCUT2D eigenvalue weighted by atomic mass is 9.87. The highest BCUT2D eigenvalue weighted by molar-refractivity contribution is 6.00. The van der Waals surface area contributed by atoms with Gasteiger partial charge in [0.15, 0.2) is 0 Å². The van der Waals surface area contributed by atoms with Crippen molar-refractivity contribution in [1.29, 1.82) is 0 Å². The Balaban J connectivity index is 1.88. The van der Waals surface area contributed by atoms with Crippen LogP contribution in [0.5, 0.6) is 0 Å². The highest BCUT2D eigenvalue weighted by Gasteiger charge is 2.38. The van der Waals surface area contributed by atoms with Crippen LogP contribution >= 0.6 is 0 Å². The van der Waals surface area contributed by atoms with Crippen LogP contribution in [-0.4, -0.2) is 49.4 Å². The van der Waals surface area contributed by atoms with E-state index in [9.17, 15) is 4.79 Å². The smallest absolute Gasteiger partial charge is 0.256 e. The van der Waals surface area contributed by atoms with E-state index in [1.165, 1.54) is 11.5 Å². The van der Waals surface area contributed by atoms with Crippen LogP contribution in [0.15, 0.2) is 34.5 Å². The van der Waals surface area contributed by atoms with E-state index in [1.807, 2.05) is 29.2 Å². The minimum Gasteiger partial charge on any atom is -0.334 e. The number of amides is 1. The summed E-state index contributed by atoms with van der Waals surface area (Å²) in [6.07, 6.45) is 2.26. The number of likely N-dealkylation sites (tertiary alicyclic amines) is 1. The van der Waals surface area contributed by atoms with Crippen LogP contribution in [0.2, 0.25) is 0 Å². The molecule has 2 unspecified atom stereocenters. The monoisotopic (exact) mass is 313 g/mol. The maximum absolute atomic E-state index is 13.1. The van der Waals surface area contributed by atoms with Crippen LogP contribution in [-0.2, 0) is 0 Å². The Labute approximate surface area is 136 Å². The van der Waals surface area contributed by atoms with Crippen molar-refractivity contribution in [3.8, 4) is 0 Å². The fraction of sp³-hybridized carbons (Fsp3) is 0.471. The van der Waals surface area contributed by atoms with E-state index >= 15 is 0 Å². The number of benzene rings is 1. The molecule has 0 aliphatic carbocycles. The van der Waals surface area contributed by atoms with Crippen molar-refractivity contribution in [2.75, 3.05) is 18.2 Å². The van der Waals surface area contributed by atoms with Gasteiger partial charge in [-0.2, -0.15) is 15.3 Å². The lowest BCUT2D eigenvalue weighted by molar-refractivity contribution is 0.0547.